The van der Waals surface area contributed by atoms with E-state index < -0.39 is 11.6 Å². The summed E-state index contributed by atoms with van der Waals surface area (Å²) in [6.45, 7) is -0.288. The summed E-state index contributed by atoms with van der Waals surface area (Å²) in [6.07, 6.45) is 2.58. The zero-order valence-electron chi connectivity index (χ0n) is 9.90. The van der Waals surface area contributed by atoms with Crippen LogP contribution in [0.25, 0.3) is 0 Å². The first-order valence-corrected chi connectivity index (χ1v) is 6.34. The van der Waals surface area contributed by atoms with Crippen molar-refractivity contribution in [2.45, 2.75) is 12.1 Å². The lowest BCUT2D eigenvalue weighted by atomic mass is 9.94. The minimum absolute atomic E-state index is 0. The number of aromatic nitrogens is 3. The fraction of sp³-hybridized carbons (Fsp3) is 0.182. The third kappa shape index (κ3) is 3.29. The summed E-state index contributed by atoms with van der Waals surface area (Å²) in [5, 5.41) is 23.7. The largest absolute Gasteiger partial charge is 0.479 e. The summed E-state index contributed by atoms with van der Waals surface area (Å²) in [4.78, 5) is 15.1. The molecule has 0 aliphatic heterocycles. The van der Waals surface area contributed by atoms with Crippen molar-refractivity contribution in [1.82, 2.24) is 14.8 Å². The standard InChI is InChI=1S/C11H9BrClN3O3.ClH/c12-7-1-2-8(9(13)3-7)11(19,10(17)18)4-16-6-14-5-15-16;/h1-3,5-6,19H,4H2,(H,17,18);1H. The second-order valence-corrected chi connectivity index (χ2v) is 5.21. The third-order valence-electron chi connectivity index (χ3n) is 2.59. The van der Waals surface area contributed by atoms with Gasteiger partial charge in [0.1, 0.15) is 12.7 Å². The van der Waals surface area contributed by atoms with Gasteiger partial charge < -0.3 is 10.2 Å². The molecule has 9 heteroatoms. The lowest BCUT2D eigenvalue weighted by Crippen LogP contribution is -2.40. The molecular formula is C11H10BrCl2N3O3. The van der Waals surface area contributed by atoms with Gasteiger partial charge in [0.15, 0.2) is 0 Å². The quantitative estimate of drug-likeness (QED) is 0.845. The molecule has 108 valence electrons. The van der Waals surface area contributed by atoms with Crippen LogP contribution in [0.1, 0.15) is 5.56 Å². The van der Waals surface area contributed by atoms with E-state index in [1.165, 1.54) is 29.5 Å². The van der Waals surface area contributed by atoms with Crippen molar-refractivity contribution in [1.29, 1.82) is 0 Å². The average molecular weight is 383 g/mol. The molecule has 0 fully saturated rings. The van der Waals surface area contributed by atoms with Gasteiger partial charge in [0, 0.05) is 15.1 Å². The van der Waals surface area contributed by atoms with Crippen molar-refractivity contribution < 1.29 is 15.0 Å². The summed E-state index contributed by atoms with van der Waals surface area (Å²) >= 11 is 9.22. The second-order valence-electron chi connectivity index (χ2n) is 3.88. The molecule has 1 atom stereocenters. The highest BCUT2D eigenvalue weighted by molar-refractivity contribution is 9.10. The number of aliphatic carboxylic acids is 1. The molecule has 2 rings (SSSR count). The molecule has 1 aromatic heterocycles. The summed E-state index contributed by atoms with van der Waals surface area (Å²) < 4.78 is 1.92. The number of carbonyl (C=O) groups is 1. The van der Waals surface area contributed by atoms with Crippen molar-refractivity contribution in [2.24, 2.45) is 0 Å². The van der Waals surface area contributed by atoms with Crippen LogP contribution < -0.4 is 0 Å². The van der Waals surface area contributed by atoms with E-state index in [0.717, 1.165) is 0 Å². The molecule has 0 saturated heterocycles. The van der Waals surface area contributed by atoms with Gasteiger partial charge in [0.05, 0.1) is 6.54 Å². The van der Waals surface area contributed by atoms with Crippen molar-refractivity contribution in [2.75, 3.05) is 0 Å². The molecule has 0 bridgehead atoms. The lowest BCUT2D eigenvalue weighted by molar-refractivity contribution is -0.161. The first-order valence-electron chi connectivity index (χ1n) is 5.17. The zero-order valence-corrected chi connectivity index (χ0v) is 13.1. The third-order valence-corrected chi connectivity index (χ3v) is 3.39. The van der Waals surface area contributed by atoms with E-state index in [-0.39, 0.29) is 29.5 Å². The number of halogens is 3. The first-order chi connectivity index (χ1) is 8.93. The molecule has 1 heterocycles. The van der Waals surface area contributed by atoms with Gasteiger partial charge in [-0.2, -0.15) is 5.10 Å². The maximum Gasteiger partial charge on any atom is 0.342 e. The number of hydrogen-bond acceptors (Lipinski definition) is 4. The Morgan fingerprint density at radius 1 is 1.50 bits per heavy atom. The van der Waals surface area contributed by atoms with E-state index in [1.54, 1.807) is 6.07 Å². The van der Waals surface area contributed by atoms with Crippen LogP contribution in [0.3, 0.4) is 0 Å². The van der Waals surface area contributed by atoms with Crippen molar-refractivity contribution >= 4 is 45.9 Å². The van der Waals surface area contributed by atoms with E-state index in [1.807, 2.05) is 0 Å². The fourth-order valence-corrected chi connectivity index (χ4v) is 2.47. The van der Waals surface area contributed by atoms with Gasteiger partial charge in [-0.1, -0.05) is 33.6 Å². The van der Waals surface area contributed by atoms with Crippen LogP contribution in [-0.4, -0.2) is 30.9 Å². The molecule has 0 saturated carbocycles. The predicted molar refractivity (Wildman–Crippen MR) is 78.0 cm³/mol. The molecule has 0 spiro atoms. The highest BCUT2D eigenvalue weighted by Crippen LogP contribution is 2.32. The van der Waals surface area contributed by atoms with Gasteiger partial charge in [-0.25, -0.2) is 14.5 Å². The zero-order chi connectivity index (χ0) is 14.0. The van der Waals surface area contributed by atoms with Crippen LogP contribution in [0.15, 0.2) is 35.3 Å². The predicted octanol–water partition coefficient (Wildman–Crippen LogP) is 2.09. The number of benzene rings is 1. The van der Waals surface area contributed by atoms with Crippen LogP contribution in [0.5, 0.6) is 0 Å². The Kier molecular flexibility index (Phi) is 5.52. The maximum absolute atomic E-state index is 11.4. The molecule has 1 unspecified atom stereocenters. The summed E-state index contributed by atoms with van der Waals surface area (Å²) in [6, 6.07) is 4.58. The molecule has 1 aromatic carbocycles. The van der Waals surface area contributed by atoms with Crippen LogP contribution in [0, 0.1) is 0 Å². The molecule has 20 heavy (non-hydrogen) atoms. The van der Waals surface area contributed by atoms with E-state index in [9.17, 15) is 15.0 Å². The fourth-order valence-electron chi connectivity index (χ4n) is 1.64. The second kappa shape index (κ2) is 6.53. The highest BCUT2D eigenvalue weighted by atomic mass is 79.9. The Hall–Kier alpha value is -1.15. The number of carboxylic acid groups (broad SMARTS) is 1. The number of nitrogens with zero attached hydrogens (tertiary/aromatic N) is 3. The van der Waals surface area contributed by atoms with Gasteiger partial charge in [0.25, 0.3) is 0 Å². The van der Waals surface area contributed by atoms with Crippen LogP contribution in [0.2, 0.25) is 5.02 Å². The van der Waals surface area contributed by atoms with Crippen molar-refractivity contribution in [3.05, 3.63) is 45.9 Å². The van der Waals surface area contributed by atoms with E-state index in [4.69, 9.17) is 11.6 Å². The minimum Gasteiger partial charge on any atom is -0.479 e. The van der Waals surface area contributed by atoms with Gasteiger partial charge in [-0.15, -0.1) is 12.4 Å². The maximum atomic E-state index is 11.4. The number of carboxylic acids is 1. The van der Waals surface area contributed by atoms with Gasteiger partial charge in [-0.05, 0) is 12.1 Å². The monoisotopic (exact) mass is 381 g/mol. The molecule has 0 amide bonds. The van der Waals surface area contributed by atoms with Gasteiger partial charge in [0.2, 0.25) is 5.60 Å². The number of hydrogen-bond donors (Lipinski definition) is 2. The topological polar surface area (TPSA) is 88.2 Å². The van der Waals surface area contributed by atoms with Gasteiger partial charge in [-0.3, -0.25) is 0 Å². The Bertz CT molecular complexity index is 609. The Labute approximate surface area is 133 Å². The Balaban J connectivity index is 0.00000200. The Morgan fingerprint density at radius 3 is 2.70 bits per heavy atom. The minimum atomic E-state index is -2.18. The molecule has 2 aromatic rings. The highest BCUT2D eigenvalue weighted by Gasteiger charge is 2.40. The van der Waals surface area contributed by atoms with Crippen LogP contribution in [-0.2, 0) is 16.9 Å². The van der Waals surface area contributed by atoms with E-state index >= 15 is 0 Å². The van der Waals surface area contributed by atoms with E-state index in [2.05, 4.69) is 26.0 Å². The normalized spacial score (nSPS) is 13.3. The van der Waals surface area contributed by atoms with Crippen LogP contribution in [0.4, 0.5) is 0 Å². The molecule has 0 radical (unpaired) electrons. The first kappa shape index (κ1) is 16.9. The number of aliphatic hydroxyl groups is 1. The molecule has 2 N–H and O–H groups in total. The van der Waals surface area contributed by atoms with Gasteiger partial charge >= 0.3 is 5.97 Å². The lowest BCUT2D eigenvalue weighted by Gasteiger charge is -2.24. The SMILES string of the molecule is Cl.O=C(O)C(O)(Cn1cncn1)c1ccc(Br)cc1Cl. The van der Waals surface area contributed by atoms with Crippen LogP contribution >= 0.6 is 39.9 Å². The molecular weight excluding hydrogens is 373 g/mol. The van der Waals surface area contributed by atoms with Crippen molar-refractivity contribution in [3.8, 4) is 0 Å². The molecule has 6 nitrogen and oxygen atoms in total. The molecule has 0 aliphatic carbocycles. The summed E-state index contributed by atoms with van der Waals surface area (Å²) in [5.41, 5.74) is -2.08. The van der Waals surface area contributed by atoms with E-state index in [0.29, 0.717) is 4.47 Å². The number of rotatable bonds is 4. The Morgan fingerprint density at radius 2 is 2.20 bits per heavy atom. The average Bonchev–Trinajstić information content (AvgIpc) is 2.81. The smallest absolute Gasteiger partial charge is 0.342 e. The molecule has 0 aliphatic rings. The van der Waals surface area contributed by atoms with Crippen molar-refractivity contribution in [3.63, 3.8) is 0 Å². The summed E-state index contributed by atoms with van der Waals surface area (Å²) in [7, 11) is 0. The summed E-state index contributed by atoms with van der Waals surface area (Å²) in [5.74, 6) is -1.41.